The second kappa shape index (κ2) is 3.88. The first kappa shape index (κ1) is 9.34. The molecule has 1 aliphatic rings. The van der Waals surface area contributed by atoms with Gasteiger partial charge in [-0.05, 0) is 12.5 Å². The SMILES string of the molecule is CCC(O)c1cccc2c1OCCO2. The number of aliphatic hydroxyl groups is 1. The standard InChI is InChI=1S/C11H14O3/c1-2-9(12)8-4-3-5-10-11(8)14-7-6-13-10/h3-5,9,12H,2,6-7H2,1H3. The van der Waals surface area contributed by atoms with Crippen molar-refractivity contribution in [3.63, 3.8) is 0 Å². The number of benzene rings is 1. The maximum Gasteiger partial charge on any atom is 0.167 e. The largest absolute Gasteiger partial charge is 0.486 e. The zero-order valence-electron chi connectivity index (χ0n) is 8.19. The lowest BCUT2D eigenvalue weighted by Crippen LogP contribution is -2.17. The molecule has 1 heterocycles. The van der Waals surface area contributed by atoms with E-state index in [2.05, 4.69) is 0 Å². The molecule has 1 aromatic carbocycles. The number of para-hydroxylation sites is 1. The van der Waals surface area contributed by atoms with Gasteiger partial charge in [-0.1, -0.05) is 19.1 Å². The highest BCUT2D eigenvalue weighted by molar-refractivity contribution is 5.48. The Morgan fingerprint density at radius 3 is 2.93 bits per heavy atom. The zero-order valence-corrected chi connectivity index (χ0v) is 8.19. The molecule has 0 saturated heterocycles. The molecule has 0 amide bonds. The van der Waals surface area contributed by atoms with Crippen molar-refractivity contribution in [2.75, 3.05) is 13.2 Å². The van der Waals surface area contributed by atoms with Crippen LogP contribution in [0.1, 0.15) is 25.0 Å². The molecule has 1 aliphatic heterocycles. The van der Waals surface area contributed by atoms with Crippen molar-refractivity contribution in [2.24, 2.45) is 0 Å². The van der Waals surface area contributed by atoms with E-state index in [1.165, 1.54) is 0 Å². The second-order valence-corrected chi connectivity index (χ2v) is 3.30. The molecule has 1 atom stereocenters. The molecule has 3 nitrogen and oxygen atoms in total. The van der Waals surface area contributed by atoms with Crippen LogP contribution in [-0.4, -0.2) is 18.3 Å². The summed E-state index contributed by atoms with van der Waals surface area (Å²) in [5.41, 5.74) is 0.824. The van der Waals surface area contributed by atoms with Crippen LogP contribution in [0.3, 0.4) is 0 Å². The quantitative estimate of drug-likeness (QED) is 0.781. The van der Waals surface area contributed by atoms with E-state index in [4.69, 9.17) is 9.47 Å². The number of aliphatic hydroxyl groups excluding tert-OH is 1. The van der Waals surface area contributed by atoms with E-state index in [0.717, 1.165) is 11.3 Å². The normalized spacial score (nSPS) is 16.4. The molecule has 1 N–H and O–H groups in total. The Morgan fingerprint density at radius 1 is 1.36 bits per heavy atom. The first-order valence-corrected chi connectivity index (χ1v) is 4.89. The van der Waals surface area contributed by atoms with Gasteiger partial charge in [-0.15, -0.1) is 0 Å². The summed E-state index contributed by atoms with van der Waals surface area (Å²) >= 11 is 0. The summed E-state index contributed by atoms with van der Waals surface area (Å²) in [4.78, 5) is 0. The van der Waals surface area contributed by atoms with Crippen molar-refractivity contribution in [2.45, 2.75) is 19.4 Å². The van der Waals surface area contributed by atoms with Crippen molar-refractivity contribution in [1.82, 2.24) is 0 Å². The smallest absolute Gasteiger partial charge is 0.167 e. The van der Waals surface area contributed by atoms with Crippen LogP contribution in [0.4, 0.5) is 0 Å². The molecule has 14 heavy (non-hydrogen) atoms. The summed E-state index contributed by atoms with van der Waals surface area (Å²) in [5, 5.41) is 9.75. The molecule has 3 heteroatoms. The van der Waals surface area contributed by atoms with E-state index in [1.807, 2.05) is 25.1 Å². The maximum atomic E-state index is 9.75. The van der Waals surface area contributed by atoms with E-state index in [0.29, 0.717) is 25.4 Å². The maximum absolute atomic E-state index is 9.75. The van der Waals surface area contributed by atoms with E-state index < -0.39 is 6.10 Å². The lowest BCUT2D eigenvalue weighted by atomic mass is 10.1. The highest BCUT2D eigenvalue weighted by Crippen LogP contribution is 2.37. The molecule has 0 bridgehead atoms. The minimum absolute atomic E-state index is 0.466. The highest BCUT2D eigenvalue weighted by atomic mass is 16.6. The van der Waals surface area contributed by atoms with Crippen LogP contribution in [0.15, 0.2) is 18.2 Å². The summed E-state index contributed by atoms with van der Waals surface area (Å²) in [7, 11) is 0. The van der Waals surface area contributed by atoms with Gasteiger partial charge in [0.2, 0.25) is 0 Å². The molecule has 2 rings (SSSR count). The number of hydrogen-bond acceptors (Lipinski definition) is 3. The van der Waals surface area contributed by atoms with Gasteiger partial charge in [0.1, 0.15) is 13.2 Å². The predicted molar refractivity (Wildman–Crippen MR) is 52.7 cm³/mol. The first-order chi connectivity index (χ1) is 6.83. The molecule has 76 valence electrons. The van der Waals surface area contributed by atoms with E-state index >= 15 is 0 Å². The van der Waals surface area contributed by atoms with Crippen LogP contribution in [0.25, 0.3) is 0 Å². The number of fused-ring (bicyclic) bond motifs is 1. The molecular formula is C11H14O3. The molecule has 1 aromatic rings. The van der Waals surface area contributed by atoms with Crippen molar-refractivity contribution in [1.29, 1.82) is 0 Å². The van der Waals surface area contributed by atoms with Crippen molar-refractivity contribution in [3.8, 4) is 11.5 Å². The molecule has 0 saturated carbocycles. The first-order valence-electron chi connectivity index (χ1n) is 4.89. The van der Waals surface area contributed by atoms with Crippen molar-refractivity contribution in [3.05, 3.63) is 23.8 Å². The van der Waals surface area contributed by atoms with E-state index in [1.54, 1.807) is 0 Å². The van der Waals surface area contributed by atoms with E-state index in [-0.39, 0.29) is 0 Å². The molecule has 1 unspecified atom stereocenters. The van der Waals surface area contributed by atoms with Crippen LogP contribution >= 0.6 is 0 Å². The third kappa shape index (κ3) is 1.55. The van der Waals surface area contributed by atoms with Gasteiger partial charge in [0, 0.05) is 5.56 Å². The summed E-state index contributed by atoms with van der Waals surface area (Å²) in [6, 6.07) is 5.61. The second-order valence-electron chi connectivity index (χ2n) is 3.30. The summed E-state index contributed by atoms with van der Waals surface area (Å²) in [6.45, 7) is 3.08. The van der Waals surface area contributed by atoms with Gasteiger partial charge < -0.3 is 14.6 Å². The molecular weight excluding hydrogens is 180 g/mol. The molecule has 0 aliphatic carbocycles. The van der Waals surface area contributed by atoms with Gasteiger partial charge in [0.05, 0.1) is 6.10 Å². The monoisotopic (exact) mass is 194 g/mol. The summed E-state index contributed by atoms with van der Waals surface area (Å²) in [5.74, 6) is 1.44. The fourth-order valence-corrected chi connectivity index (χ4v) is 1.58. The predicted octanol–water partition coefficient (Wildman–Crippen LogP) is 1.90. The Bertz CT molecular complexity index is 322. The van der Waals surface area contributed by atoms with Gasteiger partial charge in [-0.3, -0.25) is 0 Å². The van der Waals surface area contributed by atoms with E-state index in [9.17, 15) is 5.11 Å². The highest BCUT2D eigenvalue weighted by Gasteiger charge is 2.19. The van der Waals surface area contributed by atoms with Crippen LogP contribution in [-0.2, 0) is 0 Å². The molecule has 0 spiro atoms. The Labute approximate surface area is 83.3 Å². The fraction of sp³-hybridized carbons (Fsp3) is 0.455. The summed E-state index contributed by atoms with van der Waals surface area (Å²) < 4.78 is 10.9. The van der Waals surface area contributed by atoms with Gasteiger partial charge in [-0.2, -0.15) is 0 Å². The minimum Gasteiger partial charge on any atom is -0.486 e. The average molecular weight is 194 g/mol. The van der Waals surface area contributed by atoms with Crippen LogP contribution in [0.2, 0.25) is 0 Å². The zero-order chi connectivity index (χ0) is 9.97. The van der Waals surface area contributed by atoms with Crippen LogP contribution < -0.4 is 9.47 Å². The van der Waals surface area contributed by atoms with Gasteiger partial charge in [0.25, 0.3) is 0 Å². The number of ether oxygens (including phenoxy) is 2. The molecule has 0 aromatic heterocycles. The van der Waals surface area contributed by atoms with Crippen molar-refractivity contribution < 1.29 is 14.6 Å². The topological polar surface area (TPSA) is 38.7 Å². The number of hydrogen-bond donors (Lipinski definition) is 1. The average Bonchev–Trinajstić information content (AvgIpc) is 2.27. The Hall–Kier alpha value is -1.22. The van der Waals surface area contributed by atoms with Gasteiger partial charge >= 0.3 is 0 Å². The fourth-order valence-electron chi connectivity index (χ4n) is 1.58. The van der Waals surface area contributed by atoms with Crippen LogP contribution in [0, 0.1) is 0 Å². The number of rotatable bonds is 2. The van der Waals surface area contributed by atoms with Gasteiger partial charge in [-0.25, -0.2) is 0 Å². The van der Waals surface area contributed by atoms with Crippen molar-refractivity contribution >= 4 is 0 Å². The third-order valence-electron chi connectivity index (χ3n) is 2.34. The lowest BCUT2D eigenvalue weighted by molar-refractivity contribution is 0.144. The Kier molecular flexibility index (Phi) is 2.59. The molecule has 0 fully saturated rings. The Morgan fingerprint density at radius 2 is 2.14 bits per heavy atom. The van der Waals surface area contributed by atoms with Gasteiger partial charge in [0.15, 0.2) is 11.5 Å². The van der Waals surface area contributed by atoms with Crippen LogP contribution in [0.5, 0.6) is 11.5 Å². The Balaban J connectivity index is 2.39. The summed E-state index contributed by atoms with van der Waals surface area (Å²) in [6.07, 6.45) is 0.214. The minimum atomic E-state index is -0.466. The lowest BCUT2D eigenvalue weighted by Gasteiger charge is -2.22. The third-order valence-corrected chi connectivity index (χ3v) is 2.34. The molecule has 0 radical (unpaired) electrons.